The van der Waals surface area contributed by atoms with Crippen LogP contribution in [0.1, 0.15) is 19.8 Å². The average Bonchev–Trinajstić information content (AvgIpc) is 2.29. The van der Waals surface area contributed by atoms with Crippen molar-refractivity contribution in [3.63, 3.8) is 0 Å². The molecule has 0 atom stereocenters. The molecular weight excluding hydrogens is 419 g/mol. The molecule has 1 heterocycles. The molecule has 1 rings (SSSR count). The van der Waals surface area contributed by atoms with Crippen LogP contribution in [0.2, 0.25) is 0 Å². The normalized spacial score (nSPS) is 16.4. The molecule has 0 aromatic heterocycles. The Morgan fingerprint density at radius 2 is 1.61 bits per heavy atom. The van der Waals surface area contributed by atoms with Crippen LogP contribution in [-0.2, 0) is 30.7 Å². The van der Waals surface area contributed by atoms with Gasteiger partial charge in [-0.25, -0.2) is 0 Å². The monoisotopic (exact) mass is 440 g/mol. The van der Waals surface area contributed by atoms with Crippen LogP contribution >= 0.6 is 0 Å². The smallest absolute Gasteiger partial charge is 0.662 e. The van der Waals surface area contributed by atoms with E-state index in [1.807, 2.05) is 7.05 Å². The van der Waals surface area contributed by atoms with Crippen LogP contribution in [0.3, 0.4) is 0 Å². The van der Waals surface area contributed by atoms with Gasteiger partial charge < -0.3 is 20.4 Å². The van der Waals surface area contributed by atoms with E-state index in [9.17, 15) is 9.59 Å². The summed E-state index contributed by atoms with van der Waals surface area (Å²) < 4.78 is 0. The van der Waals surface area contributed by atoms with E-state index in [1.54, 1.807) is 0 Å². The van der Waals surface area contributed by atoms with E-state index in [2.05, 4.69) is 17.3 Å². The van der Waals surface area contributed by atoms with E-state index >= 15 is 0 Å². The first kappa shape index (κ1) is 19.9. The molecule has 18 heavy (non-hydrogen) atoms. The van der Waals surface area contributed by atoms with Gasteiger partial charge in [0.15, 0.2) is 5.92 Å². The van der Waals surface area contributed by atoms with Gasteiger partial charge in [-0.2, -0.15) is 7.05 Å². The van der Waals surface area contributed by atoms with Gasteiger partial charge in [-0.1, -0.05) is 12.8 Å². The molecule has 0 aromatic rings. The van der Waals surface area contributed by atoms with Crippen LogP contribution in [0.25, 0.3) is 5.32 Å². The Hall–Kier alpha value is -0.452. The molecule has 1 fully saturated rings. The van der Waals surface area contributed by atoms with Crippen molar-refractivity contribution in [3.8, 4) is 0 Å². The topological polar surface area (TPSA) is 91.9 Å². The maximum Gasteiger partial charge on any atom is 2.00 e. The minimum Gasteiger partial charge on any atom is -0.662 e. The van der Waals surface area contributed by atoms with Gasteiger partial charge in [-0.15, -0.1) is 6.04 Å². The van der Waals surface area contributed by atoms with Crippen LogP contribution in [0, 0.1) is 5.92 Å². The third-order valence-electron chi connectivity index (χ3n) is 2.79. The molecule has 2 N–H and O–H groups in total. The second-order valence-electron chi connectivity index (χ2n) is 4.19. The van der Waals surface area contributed by atoms with Gasteiger partial charge in [0.1, 0.15) is 0 Å². The zero-order valence-corrected chi connectivity index (χ0v) is 13.2. The summed E-state index contributed by atoms with van der Waals surface area (Å²) in [6.07, 6.45) is 2.51. The first-order valence-electron chi connectivity index (χ1n) is 5.61. The molecule has 1 aliphatic heterocycles. The standard InChI is InChI=1S/C7H15N2.C4H6O4.Pt/c1-8-7-3-5-9(2)6-4-7;1-2(3(5)6)4(7)8;/h7H,3-6H2,1-2H3;2H,1H3,(H,5,6)(H,7,8);/q-1;;+2. The summed E-state index contributed by atoms with van der Waals surface area (Å²) in [6, 6.07) is 0.654. The minimum atomic E-state index is -1.31. The molecule has 6 nitrogen and oxygen atoms in total. The number of hydrogen-bond donors (Lipinski definition) is 2. The summed E-state index contributed by atoms with van der Waals surface area (Å²) in [5.74, 6) is -3.91. The average molecular weight is 440 g/mol. The van der Waals surface area contributed by atoms with Crippen LogP contribution in [0.4, 0.5) is 0 Å². The molecule has 1 saturated heterocycles. The van der Waals surface area contributed by atoms with Crippen LogP contribution in [0.5, 0.6) is 0 Å². The van der Waals surface area contributed by atoms with E-state index in [1.165, 1.54) is 25.9 Å². The number of nitrogens with zero attached hydrogens (tertiary/aromatic N) is 2. The van der Waals surface area contributed by atoms with Crippen molar-refractivity contribution in [1.29, 1.82) is 0 Å². The number of aliphatic carboxylic acids is 2. The summed E-state index contributed by atoms with van der Waals surface area (Å²) in [7, 11) is 4.10. The fraction of sp³-hybridized carbons (Fsp3) is 0.818. The number of carboxylic acids is 2. The molecule has 7 heteroatoms. The quantitative estimate of drug-likeness (QED) is 0.636. The van der Waals surface area contributed by atoms with Gasteiger partial charge in [0.25, 0.3) is 0 Å². The molecule has 0 unspecified atom stereocenters. The predicted octanol–water partition coefficient (Wildman–Crippen LogP) is 0.873. The number of carbonyl (C=O) groups is 2. The minimum absolute atomic E-state index is 0. The third kappa shape index (κ3) is 8.61. The van der Waals surface area contributed by atoms with E-state index in [4.69, 9.17) is 10.2 Å². The second kappa shape index (κ2) is 10.5. The SMILES string of the molecule is CC(C(=O)O)C(=O)O.C[N-]C1CCN(C)CC1.[Pt+2]. The van der Waals surface area contributed by atoms with Crippen molar-refractivity contribution in [3.05, 3.63) is 5.32 Å². The first-order valence-corrected chi connectivity index (χ1v) is 5.61. The predicted molar refractivity (Wildman–Crippen MR) is 64.2 cm³/mol. The first-order chi connectivity index (χ1) is 7.88. The maximum atomic E-state index is 9.76. The maximum absolute atomic E-state index is 9.76. The van der Waals surface area contributed by atoms with Gasteiger partial charge in [-0.3, -0.25) is 9.59 Å². The molecule has 0 saturated carbocycles. The summed E-state index contributed by atoms with van der Waals surface area (Å²) in [5, 5.41) is 20.2. The summed E-state index contributed by atoms with van der Waals surface area (Å²) in [5.41, 5.74) is 0. The van der Waals surface area contributed by atoms with Crippen LogP contribution in [0.15, 0.2) is 0 Å². The van der Waals surface area contributed by atoms with Gasteiger partial charge >= 0.3 is 33.0 Å². The molecule has 1 aliphatic rings. The Balaban J connectivity index is 0. The summed E-state index contributed by atoms with van der Waals surface area (Å²) >= 11 is 0. The van der Waals surface area contributed by atoms with Crippen LogP contribution < -0.4 is 0 Å². The largest absolute Gasteiger partial charge is 2.00 e. The Kier molecular flexibility index (Phi) is 11.6. The molecular formula is C11H21N2O4Pt+. The molecule has 0 bridgehead atoms. The third-order valence-corrected chi connectivity index (χ3v) is 2.79. The number of carboxylic acid groups (broad SMARTS) is 2. The van der Waals surface area contributed by atoms with Crippen molar-refractivity contribution < 1.29 is 40.9 Å². The Morgan fingerprint density at radius 1 is 1.22 bits per heavy atom. The second-order valence-corrected chi connectivity index (χ2v) is 4.19. The molecule has 108 valence electrons. The van der Waals surface area contributed by atoms with Crippen molar-refractivity contribution in [2.45, 2.75) is 25.8 Å². The number of likely N-dealkylation sites (tertiary alicyclic amines) is 1. The Bertz CT molecular complexity index is 241. The molecule has 0 amide bonds. The van der Waals surface area contributed by atoms with E-state index in [0.29, 0.717) is 6.04 Å². The number of piperidine rings is 1. The molecule has 0 aliphatic carbocycles. The fourth-order valence-corrected chi connectivity index (χ4v) is 1.36. The van der Waals surface area contributed by atoms with E-state index in [-0.39, 0.29) is 21.1 Å². The van der Waals surface area contributed by atoms with Crippen LogP contribution in [-0.4, -0.2) is 60.3 Å². The number of rotatable bonds is 3. The van der Waals surface area contributed by atoms with Crippen molar-refractivity contribution >= 4 is 11.9 Å². The molecule has 0 radical (unpaired) electrons. The van der Waals surface area contributed by atoms with Crippen molar-refractivity contribution in [1.82, 2.24) is 4.90 Å². The van der Waals surface area contributed by atoms with Gasteiger partial charge in [0.2, 0.25) is 0 Å². The van der Waals surface area contributed by atoms with Gasteiger partial charge in [-0.05, 0) is 27.1 Å². The van der Waals surface area contributed by atoms with Gasteiger partial charge in [0.05, 0.1) is 0 Å². The van der Waals surface area contributed by atoms with Crippen molar-refractivity contribution in [2.24, 2.45) is 5.92 Å². The Morgan fingerprint density at radius 3 is 1.83 bits per heavy atom. The van der Waals surface area contributed by atoms with Crippen molar-refractivity contribution in [2.75, 3.05) is 27.2 Å². The van der Waals surface area contributed by atoms with E-state index < -0.39 is 17.9 Å². The zero-order chi connectivity index (χ0) is 13.4. The summed E-state index contributed by atoms with van der Waals surface area (Å²) in [4.78, 5) is 21.9. The molecule has 0 aromatic carbocycles. The zero-order valence-electron chi connectivity index (χ0n) is 10.9. The fourth-order valence-electron chi connectivity index (χ4n) is 1.36. The van der Waals surface area contributed by atoms with Gasteiger partial charge in [0, 0.05) is 0 Å². The summed E-state index contributed by atoms with van der Waals surface area (Å²) in [6.45, 7) is 3.56. The Labute approximate surface area is 122 Å². The van der Waals surface area contributed by atoms with E-state index in [0.717, 1.165) is 6.92 Å². The number of hydrogen-bond acceptors (Lipinski definition) is 3. The molecule has 0 spiro atoms.